The molecule has 0 radical (unpaired) electrons. The average Bonchev–Trinajstić information content (AvgIpc) is 3.57. The fourth-order valence-electron chi connectivity index (χ4n) is 4.77. The van der Waals surface area contributed by atoms with E-state index >= 15 is 0 Å². The van der Waals surface area contributed by atoms with Gasteiger partial charge in [-0.1, -0.05) is 29.3 Å². The first-order chi connectivity index (χ1) is 20.8. The lowest BCUT2D eigenvalue weighted by Crippen LogP contribution is -2.57. The summed E-state index contributed by atoms with van der Waals surface area (Å²) in [6.45, 7) is 1.43. The van der Waals surface area contributed by atoms with Gasteiger partial charge in [0.15, 0.2) is 11.5 Å². The molecule has 5 rings (SSSR count). The third-order valence-electron chi connectivity index (χ3n) is 6.96. The maximum Gasteiger partial charge on any atom is 0.321 e. The van der Waals surface area contributed by atoms with E-state index in [1.165, 1.54) is 0 Å². The Balaban J connectivity index is 1.32. The summed E-state index contributed by atoms with van der Waals surface area (Å²) in [7, 11) is 3.13. The molecule has 43 heavy (non-hydrogen) atoms. The summed E-state index contributed by atoms with van der Waals surface area (Å²) in [4.78, 5) is 43.3. The van der Waals surface area contributed by atoms with Crippen LogP contribution in [0.15, 0.2) is 67.4 Å². The molecule has 1 atom stereocenters. The maximum absolute atomic E-state index is 13.2. The highest BCUT2D eigenvalue weighted by molar-refractivity contribution is 6.42. The van der Waals surface area contributed by atoms with Crippen LogP contribution in [0.25, 0.3) is 5.95 Å². The molecule has 0 bridgehead atoms. The number of carbonyl (C=O) groups is 2. The van der Waals surface area contributed by atoms with E-state index in [2.05, 4.69) is 20.6 Å². The molecule has 3 amide bonds. The number of nitrogens with zero attached hydrogens (tertiary/aromatic N) is 6. The van der Waals surface area contributed by atoms with E-state index in [0.29, 0.717) is 58.6 Å². The first kappa shape index (κ1) is 29.9. The standard InChI is InChI=1S/C29H30Cl2N8O4/c1-42-24-6-3-19(13-25(24)43-2)16-34-27(40)15-21-17-37(29(41)35-20-4-5-22(30)23(31)14-20)11-12-39(21)26-7-8-33-28(36-26)38-10-9-32-18-38/h3-10,13-14,18,21H,11-12,15-17H2,1-2H3,(H,34,40)(H,35,41). The minimum absolute atomic E-state index is 0.119. The number of piperazine rings is 1. The number of ether oxygens (including phenoxy) is 2. The molecular formula is C29H30Cl2N8O4. The van der Waals surface area contributed by atoms with E-state index in [4.69, 9.17) is 37.7 Å². The van der Waals surface area contributed by atoms with Gasteiger partial charge in [-0.15, -0.1) is 0 Å². The number of urea groups is 1. The van der Waals surface area contributed by atoms with Crippen molar-refractivity contribution in [2.45, 2.75) is 19.0 Å². The van der Waals surface area contributed by atoms with Crippen LogP contribution in [0.2, 0.25) is 10.0 Å². The monoisotopic (exact) mass is 624 g/mol. The normalized spacial score (nSPS) is 14.7. The van der Waals surface area contributed by atoms with Crippen molar-refractivity contribution in [2.75, 3.05) is 44.1 Å². The highest BCUT2D eigenvalue weighted by Crippen LogP contribution is 2.28. The molecule has 12 nitrogen and oxygen atoms in total. The number of hydrogen-bond donors (Lipinski definition) is 2. The van der Waals surface area contributed by atoms with Gasteiger partial charge >= 0.3 is 6.03 Å². The molecule has 2 aromatic carbocycles. The van der Waals surface area contributed by atoms with Crippen LogP contribution in [0, 0.1) is 0 Å². The molecular weight excluding hydrogens is 595 g/mol. The summed E-state index contributed by atoms with van der Waals surface area (Å²) >= 11 is 12.1. The largest absolute Gasteiger partial charge is 0.493 e. The number of aromatic nitrogens is 4. The number of amides is 3. The minimum atomic E-state index is -0.371. The molecule has 1 unspecified atom stereocenters. The molecule has 1 aliphatic heterocycles. The van der Waals surface area contributed by atoms with Gasteiger partial charge in [0.2, 0.25) is 11.9 Å². The summed E-state index contributed by atoms with van der Waals surface area (Å²) in [5.74, 6) is 2.09. The Morgan fingerprint density at radius 3 is 2.58 bits per heavy atom. The van der Waals surface area contributed by atoms with Crippen molar-refractivity contribution >= 4 is 46.6 Å². The van der Waals surface area contributed by atoms with Gasteiger partial charge < -0.3 is 29.9 Å². The molecule has 3 heterocycles. The van der Waals surface area contributed by atoms with Crippen LogP contribution in [0.3, 0.4) is 0 Å². The number of carbonyl (C=O) groups excluding carboxylic acids is 2. The molecule has 0 saturated carbocycles. The second-order valence-electron chi connectivity index (χ2n) is 9.71. The Labute approximate surface area is 258 Å². The Bertz CT molecular complexity index is 1590. The number of halogens is 2. The molecule has 1 aliphatic rings. The molecule has 0 aliphatic carbocycles. The van der Waals surface area contributed by atoms with Gasteiger partial charge in [-0.3, -0.25) is 9.36 Å². The van der Waals surface area contributed by atoms with Gasteiger partial charge in [0.25, 0.3) is 0 Å². The van der Waals surface area contributed by atoms with E-state index in [-0.39, 0.29) is 30.9 Å². The lowest BCUT2D eigenvalue weighted by molar-refractivity contribution is -0.121. The van der Waals surface area contributed by atoms with Crippen LogP contribution >= 0.6 is 23.2 Å². The van der Waals surface area contributed by atoms with Crippen LogP contribution in [0.5, 0.6) is 11.5 Å². The van der Waals surface area contributed by atoms with Crippen LogP contribution in [0.4, 0.5) is 16.3 Å². The van der Waals surface area contributed by atoms with Crippen molar-refractivity contribution in [3.8, 4) is 17.4 Å². The zero-order valence-electron chi connectivity index (χ0n) is 23.5. The summed E-state index contributed by atoms with van der Waals surface area (Å²) in [5.41, 5.74) is 1.38. The third-order valence-corrected chi connectivity index (χ3v) is 7.70. The quantitative estimate of drug-likeness (QED) is 0.280. The second-order valence-corrected chi connectivity index (χ2v) is 10.5. The van der Waals surface area contributed by atoms with E-state index in [1.54, 1.807) is 78.9 Å². The summed E-state index contributed by atoms with van der Waals surface area (Å²) < 4.78 is 12.4. The van der Waals surface area contributed by atoms with Crippen molar-refractivity contribution in [1.29, 1.82) is 0 Å². The van der Waals surface area contributed by atoms with Crippen molar-refractivity contribution in [2.24, 2.45) is 0 Å². The van der Waals surface area contributed by atoms with Crippen molar-refractivity contribution in [3.63, 3.8) is 0 Å². The number of imidazole rings is 1. The third kappa shape index (κ3) is 7.27. The van der Waals surface area contributed by atoms with Crippen LogP contribution in [0.1, 0.15) is 12.0 Å². The van der Waals surface area contributed by atoms with E-state index in [1.807, 2.05) is 17.0 Å². The van der Waals surface area contributed by atoms with Gasteiger partial charge in [-0.2, -0.15) is 4.98 Å². The lowest BCUT2D eigenvalue weighted by atomic mass is 10.1. The zero-order valence-corrected chi connectivity index (χ0v) is 25.0. The first-order valence-corrected chi connectivity index (χ1v) is 14.2. The SMILES string of the molecule is COc1ccc(CNC(=O)CC2CN(C(=O)Nc3ccc(Cl)c(Cl)c3)CCN2c2ccnc(-n3ccnc3)n2)cc1OC. The van der Waals surface area contributed by atoms with Gasteiger partial charge in [-0.25, -0.2) is 14.8 Å². The number of hydrogen-bond acceptors (Lipinski definition) is 8. The van der Waals surface area contributed by atoms with Crippen molar-refractivity contribution in [3.05, 3.63) is 83.0 Å². The van der Waals surface area contributed by atoms with Gasteiger partial charge in [0.05, 0.1) is 30.3 Å². The molecule has 1 fully saturated rings. The Kier molecular flexibility index (Phi) is 9.48. The predicted octanol–water partition coefficient (Wildman–Crippen LogP) is 4.42. The van der Waals surface area contributed by atoms with Gasteiger partial charge in [0, 0.05) is 56.9 Å². The van der Waals surface area contributed by atoms with Gasteiger partial charge in [-0.05, 0) is 42.0 Å². The maximum atomic E-state index is 13.2. The summed E-state index contributed by atoms with van der Waals surface area (Å²) in [6, 6.07) is 11.5. The number of rotatable bonds is 9. The molecule has 2 aromatic heterocycles. The number of anilines is 2. The smallest absolute Gasteiger partial charge is 0.321 e. The zero-order chi connectivity index (χ0) is 30.3. The van der Waals surface area contributed by atoms with E-state index in [0.717, 1.165) is 5.56 Å². The number of methoxy groups -OCH3 is 2. The molecule has 1 saturated heterocycles. The number of nitrogens with one attached hydrogen (secondary N) is 2. The highest BCUT2D eigenvalue weighted by atomic mass is 35.5. The van der Waals surface area contributed by atoms with E-state index in [9.17, 15) is 9.59 Å². The molecule has 0 spiro atoms. The average molecular weight is 626 g/mol. The number of benzene rings is 2. The minimum Gasteiger partial charge on any atom is -0.493 e. The van der Waals surface area contributed by atoms with E-state index < -0.39 is 0 Å². The second kappa shape index (κ2) is 13.6. The van der Waals surface area contributed by atoms with Gasteiger partial charge in [0.1, 0.15) is 12.1 Å². The Morgan fingerprint density at radius 2 is 1.84 bits per heavy atom. The van der Waals surface area contributed by atoms with Crippen LogP contribution in [-0.2, 0) is 11.3 Å². The summed E-state index contributed by atoms with van der Waals surface area (Å²) in [6.07, 6.45) is 6.79. The fraction of sp³-hybridized carbons (Fsp3) is 0.276. The predicted molar refractivity (Wildman–Crippen MR) is 163 cm³/mol. The van der Waals surface area contributed by atoms with Crippen LogP contribution in [-0.4, -0.2) is 76.3 Å². The molecule has 2 N–H and O–H groups in total. The lowest BCUT2D eigenvalue weighted by Gasteiger charge is -2.41. The highest BCUT2D eigenvalue weighted by Gasteiger charge is 2.32. The Morgan fingerprint density at radius 1 is 1.00 bits per heavy atom. The van der Waals surface area contributed by atoms with Crippen LogP contribution < -0.4 is 25.0 Å². The fourth-order valence-corrected chi connectivity index (χ4v) is 5.07. The molecule has 14 heteroatoms. The molecule has 4 aromatic rings. The summed E-state index contributed by atoms with van der Waals surface area (Å²) in [5, 5.41) is 6.59. The first-order valence-electron chi connectivity index (χ1n) is 13.4. The van der Waals surface area contributed by atoms with Crippen molar-refractivity contribution < 1.29 is 19.1 Å². The van der Waals surface area contributed by atoms with Crippen molar-refractivity contribution in [1.82, 2.24) is 29.7 Å². The Hall–Kier alpha value is -4.55. The topological polar surface area (TPSA) is 127 Å². The molecule has 224 valence electrons.